The van der Waals surface area contributed by atoms with Crippen molar-refractivity contribution in [3.63, 3.8) is 0 Å². The first-order valence-electron chi connectivity index (χ1n) is 6.84. The predicted molar refractivity (Wildman–Crippen MR) is 73.4 cm³/mol. The van der Waals surface area contributed by atoms with Crippen LogP contribution in [0.25, 0.3) is 0 Å². The molecule has 1 aliphatic rings. The van der Waals surface area contributed by atoms with Crippen molar-refractivity contribution in [1.29, 1.82) is 0 Å². The van der Waals surface area contributed by atoms with E-state index in [1.807, 2.05) is 0 Å². The van der Waals surface area contributed by atoms with Gasteiger partial charge >= 0.3 is 12.0 Å². The number of carbonyl (C=O) groups excluding carboxylic acids is 3. The van der Waals surface area contributed by atoms with Crippen molar-refractivity contribution in [3.05, 3.63) is 0 Å². The molecule has 1 saturated heterocycles. The second-order valence-corrected chi connectivity index (χ2v) is 5.44. The van der Waals surface area contributed by atoms with E-state index in [1.54, 1.807) is 14.0 Å². The van der Waals surface area contributed by atoms with Gasteiger partial charge < -0.3 is 15.3 Å². The average Bonchev–Trinajstić information content (AvgIpc) is 2.32. The third-order valence-electron chi connectivity index (χ3n) is 3.27. The molecule has 1 heterocycles. The summed E-state index contributed by atoms with van der Waals surface area (Å²) in [6.45, 7) is 2.04. The number of urea groups is 1. The van der Waals surface area contributed by atoms with Gasteiger partial charge in [0, 0.05) is 38.9 Å². The lowest BCUT2D eigenvalue weighted by molar-refractivity contribution is -0.138. The Kier molecular flexibility index (Phi) is 6.13. The Balaban J connectivity index is 2.31. The second kappa shape index (κ2) is 7.61. The zero-order valence-electron chi connectivity index (χ0n) is 12.2. The van der Waals surface area contributed by atoms with Gasteiger partial charge in [-0.05, 0) is 12.3 Å². The zero-order valence-corrected chi connectivity index (χ0v) is 12.2. The van der Waals surface area contributed by atoms with E-state index in [0.29, 0.717) is 19.4 Å². The van der Waals surface area contributed by atoms with Gasteiger partial charge in [0.15, 0.2) is 0 Å². The van der Waals surface area contributed by atoms with Crippen molar-refractivity contribution in [1.82, 2.24) is 15.5 Å². The van der Waals surface area contributed by atoms with E-state index < -0.39 is 17.9 Å². The van der Waals surface area contributed by atoms with Crippen LogP contribution in [0.2, 0.25) is 0 Å². The number of amides is 4. The molecule has 1 aliphatic heterocycles. The van der Waals surface area contributed by atoms with Crippen LogP contribution < -0.4 is 10.6 Å². The average molecular weight is 299 g/mol. The largest absolute Gasteiger partial charge is 0.481 e. The number of hydrogen-bond acceptors (Lipinski definition) is 4. The van der Waals surface area contributed by atoms with Crippen LogP contribution in [0.3, 0.4) is 0 Å². The topological polar surface area (TPSA) is 116 Å². The van der Waals surface area contributed by atoms with Gasteiger partial charge in [-0.15, -0.1) is 0 Å². The summed E-state index contributed by atoms with van der Waals surface area (Å²) in [5, 5.41) is 13.4. The maximum atomic E-state index is 11.7. The lowest BCUT2D eigenvalue weighted by atomic mass is 10.0. The fourth-order valence-corrected chi connectivity index (χ4v) is 2.22. The zero-order chi connectivity index (χ0) is 16.0. The van der Waals surface area contributed by atoms with Crippen molar-refractivity contribution in [3.8, 4) is 0 Å². The van der Waals surface area contributed by atoms with E-state index in [2.05, 4.69) is 10.6 Å². The van der Waals surface area contributed by atoms with Crippen LogP contribution in [0.4, 0.5) is 4.79 Å². The van der Waals surface area contributed by atoms with Crippen molar-refractivity contribution < 1.29 is 24.3 Å². The molecule has 1 fully saturated rings. The number of hydrogen-bond donors (Lipinski definition) is 3. The number of carboxylic acids is 1. The van der Waals surface area contributed by atoms with Gasteiger partial charge in [-0.25, -0.2) is 4.79 Å². The van der Waals surface area contributed by atoms with Crippen LogP contribution in [0, 0.1) is 5.92 Å². The second-order valence-electron chi connectivity index (χ2n) is 5.44. The molecular weight excluding hydrogens is 278 g/mol. The molecule has 0 aromatic carbocycles. The van der Waals surface area contributed by atoms with Crippen LogP contribution in [0.15, 0.2) is 0 Å². The number of piperidine rings is 1. The first kappa shape index (κ1) is 16.9. The molecule has 2 atom stereocenters. The highest BCUT2D eigenvalue weighted by molar-refractivity contribution is 5.94. The molecule has 0 spiro atoms. The minimum Gasteiger partial charge on any atom is -0.481 e. The Bertz CT molecular complexity index is 438. The smallest absolute Gasteiger partial charge is 0.321 e. The number of nitrogens with zero attached hydrogens (tertiary/aromatic N) is 1. The number of carbonyl (C=O) groups is 4. The van der Waals surface area contributed by atoms with E-state index in [4.69, 9.17) is 5.11 Å². The van der Waals surface area contributed by atoms with Gasteiger partial charge in [0.25, 0.3) is 0 Å². The fourth-order valence-electron chi connectivity index (χ4n) is 2.22. The summed E-state index contributed by atoms with van der Waals surface area (Å²) in [7, 11) is 1.66. The number of carboxylic acid groups (broad SMARTS) is 1. The van der Waals surface area contributed by atoms with Gasteiger partial charge in [0.1, 0.15) is 0 Å². The summed E-state index contributed by atoms with van der Waals surface area (Å²) < 4.78 is 0. The lowest BCUT2D eigenvalue weighted by Crippen LogP contribution is -2.52. The van der Waals surface area contributed by atoms with Gasteiger partial charge in [0.05, 0.1) is 0 Å². The van der Waals surface area contributed by atoms with Gasteiger partial charge in [-0.2, -0.15) is 0 Å². The van der Waals surface area contributed by atoms with Crippen LogP contribution in [0.5, 0.6) is 0 Å². The summed E-state index contributed by atoms with van der Waals surface area (Å²) in [6.07, 6.45) is 0.762. The molecule has 118 valence electrons. The molecule has 8 heteroatoms. The number of rotatable bonds is 5. The monoisotopic (exact) mass is 299 g/mol. The van der Waals surface area contributed by atoms with Gasteiger partial charge in [-0.1, -0.05) is 6.92 Å². The van der Waals surface area contributed by atoms with E-state index in [1.165, 1.54) is 4.90 Å². The minimum absolute atomic E-state index is 0.0250. The highest BCUT2D eigenvalue weighted by Crippen LogP contribution is 2.09. The molecule has 0 saturated carbocycles. The molecule has 4 amide bonds. The van der Waals surface area contributed by atoms with Crippen molar-refractivity contribution in [2.24, 2.45) is 5.92 Å². The molecule has 8 nitrogen and oxygen atoms in total. The molecule has 3 N–H and O–H groups in total. The molecule has 0 aliphatic carbocycles. The van der Waals surface area contributed by atoms with Crippen LogP contribution in [-0.2, 0) is 14.4 Å². The molecule has 0 aromatic heterocycles. The number of imide groups is 1. The molecule has 2 unspecified atom stereocenters. The highest BCUT2D eigenvalue weighted by Gasteiger charge is 2.24. The SMILES string of the molecule is CC(CC(=O)O)CC(=O)NC(=O)NC1CCC(=O)N(C)C1. The first-order chi connectivity index (χ1) is 9.77. The van der Waals surface area contributed by atoms with Crippen molar-refractivity contribution >= 4 is 23.8 Å². The summed E-state index contributed by atoms with van der Waals surface area (Å²) >= 11 is 0. The van der Waals surface area contributed by atoms with E-state index in [-0.39, 0.29) is 30.7 Å². The minimum atomic E-state index is -0.977. The molecule has 1 rings (SSSR count). The van der Waals surface area contributed by atoms with Crippen molar-refractivity contribution in [2.45, 2.75) is 38.6 Å². The summed E-state index contributed by atoms with van der Waals surface area (Å²) in [6, 6.07) is -0.799. The number of likely N-dealkylation sites (N-methyl/N-ethyl adjacent to an activating group) is 1. The standard InChI is InChI=1S/C13H21N3O5/c1-8(6-12(19)20)5-10(17)15-13(21)14-9-3-4-11(18)16(2)7-9/h8-9H,3-7H2,1-2H3,(H,19,20)(H2,14,15,17,21). The highest BCUT2D eigenvalue weighted by atomic mass is 16.4. The molecule has 0 bridgehead atoms. The number of aliphatic carboxylic acids is 1. The number of likely N-dealkylation sites (tertiary alicyclic amines) is 1. The quantitative estimate of drug-likeness (QED) is 0.657. The normalized spacial score (nSPS) is 19.8. The molecule has 0 aromatic rings. The van der Waals surface area contributed by atoms with Crippen LogP contribution in [0.1, 0.15) is 32.6 Å². The van der Waals surface area contributed by atoms with Crippen molar-refractivity contribution in [2.75, 3.05) is 13.6 Å². The van der Waals surface area contributed by atoms with Crippen LogP contribution >= 0.6 is 0 Å². The van der Waals surface area contributed by atoms with E-state index in [9.17, 15) is 19.2 Å². The third kappa shape index (κ3) is 6.24. The van der Waals surface area contributed by atoms with E-state index >= 15 is 0 Å². The fraction of sp³-hybridized carbons (Fsp3) is 0.692. The van der Waals surface area contributed by atoms with Crippen LogP contribution in [-0.4, -0.2) is 53.5 Å². The van der Waals surface area contributed by atoms with Gasteiger partial charge in [-0.3, -0.25) is 19.7 Å². The third-order valence-corrected chi connectivity index (χ3v) is 3.27. The predicted octanol–water partition coefficient (Wildman–Crippen LogP) is -0.0661. The first-order valence-corrected chi connectivity index (χ1v) is 6.84. The maximum absolute atomic E-state index is 11.7. The Morgan fingerprint density at radius 2 is 2.05 bits per heavy atom. The summed E-state index contributed by atoms with van der Waals surface area (Å²) in [5.41, 5.74) is 0. The lowest BCUT2D eigenvalue weighted by Gasteiger charge is -2.30. The summed E-state index contributed by atoms with van der Waals surface area (Å²) in [5.74, 6) is -1.79. The Morgan fingerprint density at radius 1 is 1.38 bits per heavy atom. The van der Waals surface area contributed by atoms with E-state index in [0.717, 1.165) is 0 Å². The summed E-state index contributed by atoms with van der Waals surface area (Å²) in [4.78, 5) is 46.6. The Hall–Kier alpha value is -2.12. The Morgan fingerprint density at radius 3 is 2.62 bits per heavy atom. The molecular formula is C13H21N3O5. The van der Waals surface area contributed by atoms with Gasteiger partial charge in [0.2, 0.25) is 11.8 Å². The number of nitrogens with one attached hydrogen (secondary N) is 2. The maximum Gasteiger partial charge on any atom is 0.321 e. The molecule has 0 radical (unpaired) electrons. The Labute approximate surface area is 122 Å². The molecule has 21 heavy (non-hydrogen) atoms.